The lowest BCUT2D eigenvalue weighted by molar-refractivity contribution is -0.118. The van der Waals surface area contributed by atoms with Gasteiger partial charge in [-0.25, -0.2) is 0 Å². The molecular weight excluding hydrogens is 398 g/mol. The molecule has 9 heteroatoms. The van der Waals surface area contributed by atoms with Gasteiger partial charge in [0.15, 0.2) is 0 Å². The molecule has 0 aliphatic heterocycles. The second-order valence-electron chi connectivity index (χ2n) is 6.74. The summed E-state index contributed by atoms with van der Waals surface area (Å²) in [5.41, 5.74) is 6.27. The topological polar surface area (TPSA) is 147 Å². The van der Waals surface area contributed by atoms with Crippen LogP contribution in [0.3, 0.4) is 0 Å². The Bertz CT molecular complexity index is 897. The van der Waals surface area contributed by atoms with E-state index in [0.29, 0.717) is 41.8 Å². The van der Waals surface area contributed by atoms with Crippen LogP contribution < -0.4 is 21.1 Å². The quantitative estimate of drug-likeness (QED) is 0.435. The second-order valence-corrected chi connectivity index (χ2v) is 6.74. The van der Waals surface area contributed by atoms with E-state index in [9.17, 15) is 14.9 Å². The first kappa shape index (κ1) is 25.5. The highest BCUT2D eigenvalue weighted by Gasteiger charge is 2.14. The lowest BCUT2D eigenvalue weighted by atomic mass is 10.0. The number of rotatable bonds is 12. The summed E-state index contributed by atoms with van der Waals surface area (Å²) in [6, 6.07) is 9.21. The Hall–Kier alpha value is -3.51. The van der Waals surface area contributed by atoms with Gasteiger partial charge in [0.1, 0.15) is 12.5 Å². The second kappa shape index (κ2) is 14.5. The largest absolute Gasteiger partial charge is 0.494 e. The number of hydrogen-bond donors (Lipinski definition) is 3. The number of nitriles is 1. The first-order chi connectivity index (χ1) is 15.0. The molecule has 0 fully saturated rings. The van der Waals surface area contributed by atoms with E-state index in [4.69, 9.17) is 15.3 Å². The number of pyridine rings is 1. The molecule has 1 heterocycles. The van der Waals surface area contributed by atoms with Crippen molar-refractivity contribution in [3.63, 3.8) is 0 Å². The zero-order valence-corrected chi connectivity index (χ0v) is 17.7. The Kier molecular flexibility index (Phi) is 11.9. The summed E-state index contributed by atoms with van der Waals surface area (Å²) >= 11 is 0. The maximum atomic E-state index is 12.7. The summed E-state index contributed by atoms with van der Waals surface area (Å²) in [5.74, 6) is -0.260. The summed E-state index contributed by atoms with van der Waals surface area (Å²) in [4.78, 5) is 35.8. The Morgan fingerprint density at radius 1 is 1.29 bits per heavy atom. The number of carbonyl (C=O) groups is 3. The molecule has 0 aliphatic carbocycles. The molecule has 4 N–H and O–H groups in total. The minimum Gasteiger partial charge on any atom is -0.494 e. The molecule has 9 nitrogen and oxygen atoms in total. The third-order valence-corrected chi connectivity index (χ3v) is 4.46. The lowest BCUT2D eigenvalue weighted by Gasteiger charge is -2.12. The van der Waals surface area contributed by atoms with Gasteiger partial charge in [-0.1, -0.05) is 0 Å². The Balaban J connectivity index is 0.00000233. The molecule has 2 rings (SSSR count). The van der Waals surface area contributed by atoms with Crippen molar-refractivity contribution in [3.8, 4) is 11.8 Å². The molecule has 0 saturated carbocycles. The molecule has 1 aromatic carbocycles. The highest BCUT2D eigenvalue weighted by atomic mass is 16.5. The fourth-order valence-corrected chi connectivity index (χ4v) is 2.90. The van der Waals surface area contributed by atoms with E-state index < -0.39 is 0 Å². The highest BCUT2D eigenvalue weighted by Crippen LogP contribution is 2.23. The molecule has 31 heavy (non-hydrogen) atoms. The van der Waals surface area contributed by atoms with Crippen molar-refractivity contribution in [1.29, 1.82) is 5.26 Å². The van der Waals surface area contributed by atoms with E-state index in [0.717, 1.165) is 19.4 Å². The normalized spacial score (nSPS) is 11.0. The lowest BCUT2D eigenvalue weighted by Crippen LogP contribution is -2.29. The molecule has 2 amide bonds. The molecule has 1 atom stereocenters. The third kappa shape index (κ3) is 8.80. The van der Waals surface area contributed by atoms with Crippen molar-refractivity contribution >= 4 is 29.5 Å². The van der Waals surface area contributed by atoms with Crippen molar-refractivity contribution in [2.75, 3.05) is 26.7 Å². The summed E-state index contributed by atoms with van der Waals surface area (Å²) in [6.07, 6.45) is 3.96. The van der Waals surface area contributed by atoms with Crippen LogP contribution in [0.1, 0.15) is 36.0 Å². The maximum absolute atomic E-state index is 12.7. The van der Waals surface area contributed by atoms with Gasteiger partial charge >= 0.3 is 0 Å². The molecule has 1 aromatic heterocycles. The van der Waals surface area contributed by atoms with E-state index in [2.05, 4.69) is 21.7 Å². The summed E-state index contributed by atoms with van der Waals surface area (Å²) in [5, 5.41) is 15.8. The summed E-state index contributed by atoms with van der Waals surface area (Å²) < 4.78 is 5.65. The fraction of sp³-hybridized carbons (Fsp3) is 0.409. The number of primary amides is 1. The standard InChI is InChI=1S/C21H27N5O3.CH2O/c1-24-9-2-4-15(13-22)14-26-21(28)17-8-10-25-19-7-6-16(12-18(17)19)29-11-3-5-20(23)27;1-2/h6-8,10,12,15,24H,2-5,9,11,14H2,1H3,(H2,23,27)(H,26,28);1H2. The molecule has 0 bridgehead atoms. The zero-order valence-electron chi connectivity index (χ0n) is 17.7. The van der Waals surface area contributed by atoms with Gasteiger partial charge < -0.3 is 25.9 Å². The number of aromatic nitrogens is 1. The smallest absolute Gasteiger partial charge is 0.252 e. The predicted molar refractivity (Wildman–Crippen MR) is 117 cm³/mol. The maximum Gasteiger partial charge on any atom is 0.252 e. The van der Waals surface area contributed by atoms with Crippen molar-refractivity contribution in [3.05, 3.63) is 36.0 Å². The Morgan fingerprint density at radius 3 is 2.74 bits per heavy atom. The monoisotopic (exact) mass is 427 g/mol. The molecule has 166 valence electrons. The minimum absolute atomic E-state index is 0.232. The number of carbonyl (C=O) groups excluding carboxylic acids is 3. The Morgan fingerprint density at radius 2 is 2.06 bits per heavy atom. The molecule has 0 aliphatic rings. The Labute approximate surface area is 182 Å². The summed E-state index contributed by atoms with van der Waals surface area (Å²) in [7, 11) is 1.87. The minimum atomic E-state index is -0.364. The number of hydrogen-bond acceptors (Lipinski definition) is 7. The third-order valence-electron chi connectivity index (χ3n) is 4.46. The van der Waals surface area contributed by atoms with Crippen LogP contribution in [0.25, 0.3) is 10.9 Å². The van der Waals surface area contributed by atoms with Crippen LogP contribution in [0.2, 0.25) is 0 Å². The number of amides is 2. The van der Waals surface area contributed by atoms with Gasteiger partial charge in [-0.2, -0.15) is 5.26 Å². The molecule has 1 unspecified atom stereocenters. The average molecular weight is 428 g/mol. The van der Waals surface area contributed by atoms with Crippen LogP contribution in [-0.2, 0) is 9.59 Å². The molecule has 0 radical (unpaired) electrons. The van der Waals surface area contributed by atoms with E-state index in [1.54, 1.807) is 30.5 Å². The van der Waals surface area contributed by atoms with E-state index in [-0.39, 0.29) is 24.2 Å². The van der Waals surface area contributed by atoms with Gasteiger partial charge in [0.2, 0.25) is 5.91 Å². The first-order valence-corrected chi connectivity index (χ1v) is 9.96. The van der Waals surface area contributed by atoms with Crippen molar-refractivity contribution in [1.82, 2.24) is 15.6 Å². The number of nitrogens with two attached hydrogens (primary N) is 1. The van der Waals surface area contributed by atoms with Gasteiger partial charge in [-0.3, -0.25) is 14.6 Å². The van der Waals surface area contributed by atoms with Gasteiger partial charge in [0.05, 0.1) is 29.7 Å². The number of nitrogens with one attached hydrogen (secondary N) is 2. The molecule has 0 spiro atoms. The van der Waals surface area contributed by atoms with Crippen molar-refractivity contribution in [2.24, 2.45) is 11.7 Å². The molecule has 2 aromatic rings. The number of benzene rings is 1. The van der Waals surface area contributed by atoms with Gasteiger partial charge in [0, 0.05) is 24.5 Å². The van der Waals surface area contributed by atoms with E-state index in [1.165, 1.54) is 0 Å². The van der Waals surface area contributed by atoms with Crippen LogP contribution in [0.5, 0.6) is 5.75 Å². The fourth-order valence-electron chi connectivity index (χ4n) is 2.90. The average Bonchev–Trinajstić information content (AvgIpc) is 2.79. The molecule has 0 saturated heterocycles. The van der Waals surface area contributed by atoms with Crippen LogP contribution in [0, 0.1) is 17.2 Å². The number of fused-ring (bicyclic) bond motifs is 1. The van der Waals surface area contributed by atoms with E-state index in [1.807, 2.05) is 13.8 Å². The zero-order chi connectivity index (χ0) is 23.1. The van der Waals surface area contributed by atoms with Crippen molar-refractivity contribution < 1.29 is 19.1 Å². The van der Waals surface area contributed by atoms with Crippen LogP contribution in [-0.4, -0.2) is 50.3 Å². The van der Waals surface area contributed by atoms with Gasteiger partial charge in [-0.05, 0) is 57.1 Å². The summed E-state index contributed by atoms with van der Waals surface area (Å²) in [6.45, 7) is 3.49. The molecular formula is C22H29N5O4. The first-order valence-electron chi connectivity index (χ1n) is 9.96. The highest BCUT2D eigenvalue weighted by molar-refractivity contribution is 6.06. The van der Waals surface area contributed by atoms with Crippen LogP contribution in [0.4, 0.5) is 0 Å². The van der Waals surface area contributed by atoms with E-state index >= 15 is 0 Å². The van der Waals surface area contributed by atoms with Crippen LogP contribution in [0.15, 0.2) is 30.5 Å². The predicted octanol–water partition coefficient (Wildman–Crippen LogP) is 1.56. The number of ether oxygens (including phenoxy) is 1. The van der Waals surface area contributed by atoms with Gasteiger partial charge in [-0.15, -0.1) is 0 Å². The van der Waals surface area contributed by atoms with Crippen molar-refractivity contribution in [2.45, 2.75) is 25.7 Å². The van der Waals surface area contributed by atoms with Crippen LogP contribution >= 0.6 is 0 Å². The SMILES string of the molecule is C=O.CNCCCC(C#N)CNC(=O)c1ccnc2ccc(OCCCC(N)=O)cc12. The van der Waals surface area contributed by atoms with Gasteiger partial charge in [0.25, 0.3) is 5.91 Å². The number of nitrogens with zero attached hydrogens (tertiary/aromatic N) is 2.